The molecule has 0 atom stereocenters. The molecule has 0 aromatic heterocycles. The Labute approximate surface area is 303 Å². The normalized spacial score (nSPS) is 10.8. The number of Topliss-reactive ketones (excluding diaryl/α,β-unsaturated/α-hetero) is 2. The summed E-state index contributed by atoms with van der Waals surface area (Å²) in [5.41, 5.74) is 4.56. The molecule has 48 heavy (non-hydrogen) atoms. The Morgan fingerprint density at radius 3 is 1.15 bits per heavy atom. The fourth-order valence-corrected chi connectivity index (χ4v) is 5.75. The smallest absolute Gasteiger partial charge is 0.736 e. The molecule has 0 saturated carbocycles. The van der Waals surface area contributed by atoms with Gasteiger partial charge in [-0.25, -0.2) is 4.57 Å². The number of phosphoric acid groups is 1. The van der Waals surface area contributed by atoms with Crippen LogP contribution in [0.2, 0.25) is 0 Å². The van der Waals surface area contributed by atoms with Crippen LogP contribution in [0, 0.1) is 13.8 Å². The number of rotatable bonds is 16. The molecule has 0 amide bonds. The minimum absolute atomic E-state index is 0. The zero-order valence-corrected chi connectivity index (χ0v) is 31.2. The van der Waals surface area contributed by atoms with Gasteiger partial charge in [-0.2, -0.15) is 0 Å². The number of benzene rings is 4. The molecular formula is C36H38NaO10P. The number of ether oxygens (including phenoxy) is 4. The molecule has 248 valence electrons. The predicted molar refractivity (Wildman–Crippen MR) is 176 cm³/mol. The van der Waals surface area contributed by atoms with E-state index in [1.807, 2.05) is 62.4 Å². The Morgan fingerprint density at radius 1 is 0.583 bits per heavy atom. The molecule has 0 aliphatic rings. The first-order chi connectivity index (χ1) is 22.5. The van der Waals surface area contributed by atoms with Gasteiger partial charge in [-0.05, 0) is 37.8 Å². The van der Waals surface area contributed by atoms with Gasteiger partial charge >= 0.3 is 37.4 Å². The fourth-order valence-electron chi connectivity index (χ4n) is 4.98. The van der Waals surface area contributed by atoms with Crippen LogP contribution in [0.25, 0.3) is 0 Å². The molecule has 0 fully saturated rings. The summed E-state index contributed by atoms with van der Waals surface area (Å²) in [6, 6.07) is 20.8. The molecule has 0 saturated heterocycles. The number of aryl methyl sites for hydroxylation is 4. The Morgan fingerprint density at radius 2 is 0.875 bits per heavy atom. The number of carbonyl (C=O) groups is 2. The van der Waals surface area contributed by atoms with Crippen molar-refractivity contribution in [3.8, 4) is 34.5 Å². The molecule has 0 N–H and O–H groups in total. The summed E-state index contributed by atoms with van der Waals surface area (Å²) in [5.74, 6) is -0.603. The van der Waals surface area contributed by atoms with E-state index in [0.29, 0.717) is 12.8 Å². The quantitative estimate of drug-likeness (QED) is 0.0974. The van der Waals surface area contributed by atoms with E-state index in [1.54, 1.807) is 0 Å². The molecule has 0 bridgehead atoms. The molecule has 0 radical (unpaired) electrons. The summed E-state index contributed by atoms with van der Waals surface area (Å²) < 4.78 is 45.2. The number of hydrogen-bond acceptors (Lipinski definition) is 10. The average molecular weight is 685 g/mol. The van der Waals surface area contributed by atoms with E-state index in [2.05, 4.69) is 0 Å². The van der Waals surface area contributed by atoms with E-state index in [9.17, 15) is 19.0 Å². The van der Waals surface area contributed by atoms with Gasteiger partial charge in [-0.1, -0.05) is 59.7 Å². The van der Waals surface area contributed by atoms with Crippen LogP contribution in [0.3, 0.4) is 0 Å². The van der Waals surface area contributed by atoms with Gasteiger partial charge < -0.3 is 32.9 Å². The second kappa shape index (κ2) is 17.6. The zero-order valence-electron chi connectivity index (χ0n) is 28.3. The van der Waals surface area contributed by atoms with Crippen LogP contribution in [-0.4, -0.2) is 40.0 Å². The number of ketones is 2. The van der Waals surface area contributed by atoms with Crippen molar-refractivity contribution in [1.29, 1.82) is 0 Å². The summed E-state index contributed by atoms with van der Waals surface area (Å²) in [6.07, 6.45) is 1.34. The van der Waals surface area contributed by atoms with E-state index in [0.717, 1.165) is 22.3 Å². The van der Waals surface area contributed by atoms with Gasteiger partial charge in [0.05, 0.1) is 28.4 Å². The van der Waals surface area contributed by atoms with Crippen LogP contribution in [0.1, 0.15) is 55.8 Å². The maximum absolute atomic E-state index is 13.2. The summed E-state index contributed by atoms with van der Waals surface area (Å²) >= 11 is 0. The Hall–Kier alpha value is -3.79. The van der Waals surface area contributed by atoms with Gasteiger partial charge in [0.2, 0.25) is 0 Å². The third-order valence-electron chi connectivity index (χ3n) is 7.47. The average Bonchev–Trinajstić information content (AvgIpc) is 3.06. The van der Waals surface area contributed by atoms with E-state index in [1.165, 1.54) is 52.7 Å². The van der Waals surface area contributed by atoms with Crippen molar-refractivity contribution < 1.29 is 76.6 Å². The summed E-state index contributed by atoms with van der Waals surface area (Å²) in [6.45, 7) is 3.97. The Balaban J connectivity index is 0.00000625. The first-order valence-corrected chi connectivity index (χ1v) is 16.3. The molecule has 4 aromatic rings. The van der Waals surface area contributed by atoms with Crippen molar-refractivity contribution in [3.63, 3.8) is 0 Å². The molecule has 10 nitrogen and oxygen atoms in total. The van der Waals surface area contributed by atoms with Gasteiger partial charge in [0, 0.05) is 37.1 Å². The van der Waals surface area contributed by atoms with Gasteiger partial charge in [0.15, 0.2) is 11.6 Å². The molecule has 0 unspecified atom stereocenters. The van der Waals surface area contributed by atoms with Gasteiger partial charge in [-0.3, -0.25) is 9.59 Å². The predicted octanol–water partition coefficient (Wildman–Crippen LogP) is 3.90. The monoisotopic (exact) mass is 684 g/mol. The third kappa shape index (κ3) is 10.1. The van der Waals surface area contributed by atoms with Crippen molar-refractivity contribution in [1.82, 2.24) is 0 Å². The largest absolute Gasteiger partial charge is 1.00 e. The first kappa shape index (κ1) is 38.7. The molecule has 0 heterocycles. The number of carbonyl (C=O) groups excluding carboxylic acids is 2. The maximum atomic E-state index is 13.2. The van der Waals surface area contributed by atoms with Gasteiger partial charge in [0.1, 0.15) is 45.6 Å². The van der Waals surface area contributed by atoms with E-state index < -0.39 is 7.82 Å². The SMILES string of the molecule is COc1cc(OP(=O)([O-])Oc2cc(OC)c(C(=O)CCc3ccc(C)cc3)c(OC)c2)cc(OC)c1C(=O)CCc1ccc(C)cc1.[Na+]. The van der Waals surface area contributed by atoms with Crippen LogP contribution < -0.4 is 62.4 Å². The molecule has 4 aromatic carbocycles. The number of methoxy groups -OCH3 is 4. The fraction of sp³-hybridized carbons (Fsp3) is 0.278. The third-order valence-corrected chi connectivity index (χ3v) is 8.34. The van der Waals surface area contributed by atoms with Crippen molar-refractivity contribution in [3.05, 3.63) is 106 Å². The minimum atomic E-state index is -5.09. The van der Waals surface area contributed by atoms with Crippen molar-refractivity contribution in [2.24, 2.45) is 0 Å². The van der Waals surface area contributed by atoms with Crippen LogP contribution in [0.15, 0.2) is 72.8 Å². The van der Waals surface area contributed by atoms with E-state index in [4.69, 9.17) is 28.0 Å². The van der Waals surface area contributed by atoms with E-state index >= 15 is 0 Å². The van der Waals surface area contributed by atoms with Crippen molar-refractivity contribution in [2.75, 3.05) is 28.4 Å². The maximum Gasteiger partial charge on any atom is 1.00 e. The molecule has 0 aliphatic heterocycles. The van der Waals surface area contributed by atoms with Gasteiger partial charge in [0.25, 0.3) is 0 Å². The van der Waals surface area contributed by atoms with Crippen molar-refractivity contribution >= 4 is 19.4 Å². The van der Waals surface area contributed by atoms with Crippen LogP contribution in [0.5, 0.6) is 34.5 Å². The minimum Gasteiger partial charge on any atom is -0.736 e. The van der Waals surface area contributed by atoms with E-state index in [-0.39, 0.29) is 99.6 Å². The molecule has 12 heteroatoms. The zero-order chi connectivity index (χ0) is 34.1. The number of hydrogen-bond donors (Lipinski definition) is 0. The second-order valence-electron chi connectivity index (χ2n) is 10.9. The molecule has 0 aliphatic carbocycles. The Kier molecular flexibility index (Phi) is 14.1. The Bertz CT molecular complexity index is 1590. The molecule has 4 rings (SSSR count). The van der Waals surface area contributed by atoms with Crippen LogP contribution in [-0.2, 0) is 17.4 Å². The van der Waals surface area contributed by atoms with Crippen molar-refractivity contribution in [2.45, 2.75) is 39.5 Å². The molecular weight excluding hydrogens is 646 g/mol. The summed E-state index contributed by atoms with van der Waals surface area (Å²) in [5, 5.41) is 0. The summed E-state index contributed by atoms with van der Waals surface area (Å²) in [4.78, 5) is 39.5. The number of phosphoric ester groups is 1. The topological polar surface area (TPSA) is 130 Å². The van der Waals surface area contributed by atoms with Crippen LogP contribution in [0.4, 0.5) is 0 Å². The van der Waals surface area contributed by atoms with Crippen LogP contribution >= 0.6 is 7.82 Å². The summed E-state index contributed by atoms with van der Waals surface area (Å²) in [7, 11) is 0.317. The standard InChI is InChI=1S/C36H39O10P.Na/c1-23-7-11-25(12-8-23)15-17-29(37)35-31(41-3)19-27(20-32(35)42-4)45-47(39,40)46-28-21-33(43-5)36(34(22-28)44-6)30(38)18-16-26-13-9-24(2)10-14-26;/h7-14,19-22H,15-18H2,1-6H3,(H,39,40);/q;+1/p-1. The second-order valence-corrected chi connectivity index (χ2v) is 12.1. The van der Waals surface area contributed by atoms with Gasteiger partial charge in [-0.15, -0.1) is 0 Å². The molecule has 0 spiro atoms. The first-order valence-electron chi connectivity index (χ1n) is 14.9.